The summed E-state index contributed by atoms with van der Waals surface area (Å²) in [6.45, 7) is 3.84. The van der Waals surface area contributed by atoms with E-state index >= 15 is 0 Å². The van der Waals surface area contributed by atoms with Crippen LogP contribution in [0.5, 0.6) is 5.75 Å². The van der Waals surface area contributed by atoms with Crippen LogP contribution in [0.4, 0.5) is 0 Å². The number of fused-ring (bicyclic) bond motifs is 1. The summed E-state index contributed by atoms with van der Waals surface area (Å²) in [5, 5.41) is 0.548. The average Bonchev–Trinajstić information content (AvgIpc) is 2.80. The Kier molecular flexibility index (Phi) is 11.6. The smallest absolute Gasteiger partial charge is 0.193 e. The van der Waals surface area contributed by atoms with E-state index < -0.39 is 0 Å². The molecule has 0 aliphatic heterocycles. The van der Waals surface area contributed by atoms with Crippen LogP contribution < -0.4 is 10.2 Å². The molecule has 1 heterocycles. The second-order valence-corrected chi connectivity index (χ2v) is 7.85. The molecule has 0 unspecified atom stereocenters. The van der Waals surface area contributed by atoms with Gasteiger partial charge in [-0.1, -0.05) is 56.5 Å². The van der Waals surface area contributed by atoms with Crippen LogP contribution in [0, 0.1) is 0 Å². The molecule has 0 fully saturated rings. The summed E-state index contributed by atoms with van der Waals surface area (Å²) >= 11 is 0. The summed E-state index contributed by atoms with van der Waals surface area (Å²) in [6.07, 6.45) is 11.4. The van der Waals surface area contributed by atoms with Gasteiger partial charge in [0.05, 0.1) is 12.0 Å². The van der Waals surface area contributed by atoms with E-state index in [1.54, 1.807) is 12.1 Å². The zero-order chi connectivity index (χ0) is 21.7. The van der Waals surface area contributed by atoms with Gasteiger partial charge in [-0.2, -0.15) is 0 Å². The van der Waals surface area contributed by atoms with Crippen LogP contribution in [0.2, 0.25) is 0 Å². The van der Waals surface area contributed by atoms with Crippen LogP contribution in [-0.4, -0.2) is 19.4 Å². The van der Waals surface area contributed by atoms with Crippen molar-refractivity contribution in [3.8, 4) is 17.1 Å². The molecule has 0 saturated carbocycles. The maximum absolute atomic E-state index is 12.6. The van der Waals surface area contributed by atoms with Gasteiger partial charge in [0.1, 0.15) is 17.1 Å². The summed E-state index contributed by atoms with van der Waals surface area (Å²) < 4.78 is 11.8. The molecule has 0 radical (unpaired) electrons. The van der Waals surface area contributed by atoms with E-state index in [4.69, 9.17) is 9.15 Å². The average molecular weight is 456 g/mol. The molecular formula is C27H34ClNO3. The summed E-state index contributed by atoms with van der Waals surface area (Å²) in [7, 11) is 0. The molecule has 0 saturated heterocycles. The molecule has 3 aromatic rings. The van der Waals surface area contributed by atoms with Gasteiger partial charge in [-0.05, 0) is 56.5 Å². The van der Waals surface area contributed by atoms with Gasteiger partial charge >= 0.3 is 0 Å². The Morgan fingerprint density at radius 1 is 0.938 bits per heavy atom. The Bertz CT molecular complexity index is 1010. The lowest BCUT2D eigenvalue weighted by atomic mass is 10.1. The molecule has 3 rings (SSSR count). The summed E-state index contributed by atoms with van der Waals surface area (Å²) in [4.78, 5) is 17.0. The highest BCUT2D eigenvalue weighted by atomic mass is 35.5. The number of nitrogens with zero attached hydrogens (tertiary/aromatic N) is 1. The highest BCUT2D eigenvalue weighted by molar-refractivity contribution is 5.85. The molecule has 0 amide bonds. The standard InChI is InChI=1S/C27H33NO3.ClH/c1-2-3-4-10-17-28-18-11-5-6-12-19-30-23-15-16-26-24(20-23)25(29)21-27(31-26)22-13-8-7-9-14-22;/h7-9,13-16,18,20-21H,2-6,10-12,17,19H2,1H3;1H. The van der Waals surface area contributed by atoms with E-state index in [0.717, 1.165) is 37.8 Å². The fraction of sp³-hybridized carbons (Fsp3) is 0.407. The molecule has 5 heteroatoms. The molecule has 0 bridgehead atoms. The van der Waals surface area contributed by atoms with Crippen molar-refractivity contribution in [2.24, 2.45) is 4.99 Å². The number of unbranched alkanes of at least 4 members (excludes halogenated alkanes) is 6. The Balaban J connectivity index is 0.00000363. The minimum absolute atomic E-state index is 0. The van der Waals surface area contributed by atoms with Gasteiger partial charge in [-0.3, -0.25) is 9.79 Å². The number of ether oxygens (including phenoxy) is 1. The first-order valence-electron chi connectivity index (χ1n) is 11.5. The van der Waals surface area contributed by atoms with E-state index in [1.807, 2.05) is 42.5 Å². The van der Waals surface area contributed by atoms with Crippen LogP contribution >= 0.6 is 12.4 Å². The molecule has 0 N–H and O–H groups in total. The zero-order valence-electron chi connectivity index (χ0n) is 18.9. The van der Waals surface area contributed by atoms with Crippen LogP contribution in [0.25, 0.3) is 22.3 Å². The van der Waals surface area contributed by atoms with Gasteiger partial charge < -0.3 is 9.15 Å². The number of hydrogen-bond acceptors (Lipinski definition) is 4. The number of halogens is 1. The minimum atomic E-state index is -0.0560. The van der Waals surface area contributed by atoms with Crippen LogP contribution in [0.15, 0.2) is 68.8 Å². The molecular weight excluding hydrogens is 422 g/mol. The van der Waals surface area contributed by atoms with Crippen LogP contribution in [0.3, 0.4) is 0 Å². The molecule has 0 aliphatic rings. The van der Waals surface area contributed by atoms with Crippen molar-refractivity contribution in [1.82, 2.24) is 0 Å². The molecule has 1 aromatic heterocycles. The van der Waals surface area contributed by atoms with Crippen molar-refractivity contribution in [3.63, 3.8) is 0 Å². The summed E-state index contributed by atoms with van der Waals surface area (Å²) in [5.74, 6) is 1.29. The Labute approximate surface area is 197 Å². The predicted molar refractivity (Wildman–Crippen MR) is 137 cm³/mol. The lowest BCUT2D eigenvalue weighted by molar-refractivity contribution is 0.306. The van der Waals surface area contributed by atoms with Crippen molar-refractivity contribution in [2.45, 2.75) is 58.3 Å². The van der Waals surface area contributed by atoms with Crippen LogP contribution in [-0.2, 0) is 0 Å². The number of aliphatic imine (C=N–C) groups is 1. The first-order chi connectivity index (χ1) is 15.3. The Morgan fingerprint density at radius 3 is 2.56 bits per heavy atom. The van der Waals surface area contributed by atoms with E-state index in [-0.39, 0.29) is 17.8 Å². The third-order valence-electron chi connectivity index (χ3n) is 5.27. The summed E-state index contributed by atoms with van der Waals surface area (Å²) in [6, 6.07) is 16.7. The SMILES string of the molecule is CCCCCCN=CCCCCCOc1ccc2oc(-c3ccccc3)cc(=O)c2c1.Cl. The maximum atomic E-state index is 12.6. The second kappa shape index (κ2) is 14.5. The van der Waals surface area contributed by atoms with Crippen LogP contribution in [0.1, 0.15) is 58.3 Å². The lowest BCUT2D eigenvalue weighted by Gasteiger charge is -2.08. The van der Waals surface area contributed by atoms with Crippen molar-refractivity contribution in [1.29, 1.82) is 0 Å². The Hall–Kier alpha value is -2.59. The predicted octanol–water partition coefficient (Wildman–Crippen LogP) is 7.47. The third kappa shape index (κ3) is 8.16. The molecule has 172 valence electrons. The van der Waals surface area contributed by atoms with E-state index in [1.165, 1.54) is 25.7 Å². The van der Waals surface area contributed by atoms with Crippen molar-refractivity contribution < 1.29 is 9.15 Å². The second-order valence-electron chi connectivity index (χ2n) is 7.85. The molecule has 0 aliphatic carbocycles. The highest BCUT2D eigenvalue weighted by Gasteiger charge is 2.08. The van der Waals surface area contributed by atoms with Gasteiger partial charge in [0.15, 0.2) is 5.43 Å². The molecule has 2 aromatic carbocycles. The Morgan fingerprint density at radius 2 is 1.75 bits per heavy atom. The van der Waals surface area contributed by atoms with Gasteiger partial charge in [0, 0.05) is 18.2 Å². The zero-order valence-corrected chi connectivity index (χ0v) is 19.7. The van der Waals surface area contributed by atoms with Gasteiger partial charge in [-0.25, -0.2) is 0 Å². The topological polar surface area (TPSA) is 51.8 Å². The molecule has 32 heavy (non-hydrogen) atoms. The fourth-order valence-electron chi connectivity index (χ4n) is 3.49. The number of hydrogen-bond donors (Lipinski definition) is 0. The van der Waals surface area contributed by atoms with Gasteiger partial charge in [-0.15, -0.1) is 12.4 Å². The van der Waals surface area contributed by atoms with Crippen molar-refractivity contribution in [3.05, 3.63) is 64.8 Å². The van der Waals surface area contributed by atoms with Crippen molar-refractivity contribution >= 4 is 29.6 Å². The van der Waals surface area contributed by atoms with Gasteiger partial charge in [0.2, 0.25) is 0 Å². The summed E-state index contributed by atoms with van der Waals surface area (Å²) in [5.41, 5.74) is 1.41. The number of benzene rings is 2. The first kappa shape index (κ1) is 25.7. The quantitative estimate of drug-likeness (QED) is 0.198. The minimum Gasteiger partial charge on any atom is -0.494 e. The fourth-order valence-corrected chi connectivity index (χ4v) is 3.49. The number of rotatable bonds is 13. The molecule has 0 spiro atoms. The van der Waals surface area contributed by atoms with E-state index in [2.05, 4.69) is 18.1 Å². The maximum Gasteiger partial charge on any atom is 0.193 e. The van der Waals surface area contributed by atoms with E-state index in [0.29, 0.717) is 29.1 Å². The van der Waals surface area contributed by atoms with E-state index in [9.17, 15) is 4.79 Å². The monoisotopic (exact) mass is 455 g/mol. The molecule has 0 atom stereocenters. The molecule has 4 nitrogen and oxygen atoms in total. The third-order valence-corrected chi connectivity index (χ3v) is 5.27. The largest absolute Gasteiger partial charge is 0.494 e. The normalized spacial score (nSPS) is 11.0. The first-order valence-corrected chi connectivity index (χ1v) is 11.5. The highest BCUT2D eigenvalue weighted by Crippen LogP contribution is 2.24. The lowest BCUT2D eigenvalue weighted by Crippen LogP contribution is -2.02. The van der Waals surface area contributed by atoms with Crippen molar-refractivity contribution in [2.75, 3.05) is 13.2 Å². The van der Waals surface area contributed by atoms with Gasteiger partial charge in [0.25, 0.3) is 0 Å².